The van der Waals surface area contributed by atoms with Crippen LogP contribution in [-0.4, -0.2) is 26.5 Å². The number of halogens is 4. The SMILES string of the molecule is FC(F)(F)c1ccc(-c2cnc3c(c2)CN(c2ncnc4ccc(Cl)cc24)CC3)cn1. The zero-order chi connectivity index (χ0) is 21.6. The molecule has 0 unspecified atom stereocenters. The lowest BCUT2D eigenvalue weighted by Gasteiger charge is -2.30. The Hall–Kier alpha value is -3.26. The molecule has 0 N–H and O–H groups in total. The molecule has 0 bridgehead atoms. The highest BCUT2D eigenvalue weighted by molar-refractivity contribution is 6.31. The van der Waals surface area contributed by atoms with Crippen molar-refractivity contribution in [2.24, 2.45) is 0 Å². The summed E-state index contributed by atoms with van der Waals surface area (Å²) in [6.45, 7) is 1.31. The summed E-state index contributed by atoms with van der Waals surface area (Å²) in [5.41, 5.74) is 3.16. The van der Waals surface area contributed by atoms with Crippen LogP contribution in [0.2, 0.25) is 5.02 Å². The van der Waals surface area contributed by atoms with Gasteiger partial charge in [0.15, 0.2) is 0 Å². The van der Waals surface area contributed by atoms with Gasteiger partial charge in [0.2, 0.25) is 0 Å². The topological polar surface area (TPSA) is 54.8 Å². The van der Waals surface area contributed by atoms with Crippen molar-refractivity contribution in [3.63, 3.8) is 0 Å². The third kappa shape index (κ3) is 3.79. The quantitative estimate of drug-likeness (QED) is 0.421. The Labute approximate surface area is 180 Å². The van der Waals surface area contributed by atoms with E-state index in [-0.39, 0.29) is 0 Å². The van der Waals surface area contributed by atoms with E-state index in [0.717, 1.165) is 52.6 Å². The lowest BCUT2D eigenvalue weighted by atomic mass is 10.0. The van der Waals surface area contributed by atoms with Gasteiger partial charge in [-0.15, -0.1) is 0 Å². The van der Waals surface area contributed by atoms with Gasteiger partial charge in [0, 0.05) is 59.1 Å². The molecule has 1 aliphatic rings. The van der Waals surface area contributed by atoms with Gasteiger partial charge < -0.3 is 4.90 Å². The third-order valence-electron chi connectivity index (χ3n) is 5.30. The van der Waals surface area contributed by atoms with E-state index < -0.39 is 11.9 Å². The van der Waals surface area contributed by atoms with Gasteiger partial charge in [-0.05, 0) is 35.9 Å². The maximum atomic E-state index is 12.8. The molecule has 5 rings (SSSR count). The van der Waals surface area contributed by atoms with Crippen LogP contribution in [0.4, 0.5) is 19.0 Å². The van der Waals surface area contributed by atoms with Crippen LogP contribution < -0.4 is 4.90 Å². The first-order chi connectivity index (χ1) is 14.9. The van der Waals surface area contributed by atoms with Crippen molar-refractivity contribution in [2.45, 2.75) is 19.1 Å². The average molecular weight is 442 g/mol. The zero-order valence-corrected chi connectivity index (χ0v) is 16.8. The van der Waals surface area contributed by atoms with Gasteiger partial charge in [-0.1, -0.05) is 17.7 Å². The molecule has 9 heteroatoms. The van der Waals surface area contributed by atoms with Crippen molar-refractivity contribution in [2.75, 3.05) is 11.4 Å². The molecule has 1 aromatic carbocycles. The van der Waals surface area contributed by atoms with Gasteiger partial charge in [0.25, 0.3) is 0 Å². The van der Waals surface area contributed by atoms with Gasteiger partial charge in [-0.25, -0.2) is 9.97 Å². The fraction of sp³-hybridized carbons (Fsp3) is 0.182. The number of rotatable bonds is 2. The number of fused-ring (bicyclic) bond motifs is 2. The molecular formula is C22H15ClF3N5. The van der Waals surface area contributed by atoms with Crippen LogP contribution in [0, 0.1) is 0 Å². The number of hydrogen-bond donors (Lipinski definition) is 0. The Morgan fingerprint density at radius 1 is 0.903 bits per heavy atom. The van der Waals surface area contributed by atoms with Crippen molar-refractivity contribution in [3.05, 3.63) is 77.1 Å². The first kappa shape index (κ1) is 19.7. The number of hydrogen-bond acceptors (Lipinski definition) is 5. The molecule has 4 heterocycles. The number of benzene rings is 1. The minimum Gasteiger partial charge on any atom is -0.351 e. The summed E-state index contributed by atoms with van der Waals surface area (Å²) in [5.74, 6) is 0.791. The van der Waals surface area contributed by atoms with Crippen molar-refractivity contribution in [1.29, 1.82) is 0 Å². The van der Waals surface area contributed by atoms with Crippen LogP contribution in [0.15, 0.2) is 55.1 Å². The van der Waals surface area contributed by atoms with E-state index in [9.17, 15) is 13.2 Å². The minimum absolute atomic E-state index is 0.572. The van der Waals surface area contributed by atoms with Crippen LogP contribution in [0.3, 0.4) is 0 Å². The predicted molar refractivity (Wildman–Crippen MR) is 112 cm³/mol. The van der Waals surface area contributed by atoms with Crippen LogP contribution in [0.25, 0.3) is 22.0 Å². The Bertz CT molecular complexity index is 1270. The molecule has 156 valence electrons. The maximum absolute atomic E-state index is 12.8. The molecule has 0 saturated heterocycles. The highest BCUT2D eigenvalue weighted by Gasteiger charge is 2.32. The standard InChI is InChI=1S/C22H15ClF3N5/c23-16-2-3-19-17(8-16)21(30-12-29-19)31-6-5-18-15(11-31)7-14(10-27-18)13-1-4-20(28-9-13)22(24,25)26/h1-4,7-10,12H,5-6,11H2. The van der Waals surface area contributed by atoms with E-state index in [1.165, 1.54) is 18.6 Å². The van der Waals surface area contributed by atoms with Crippen LogP contribution in [0.1, 0.15) is 17.0 Å². The number of alkyl halides is 3. The van der Waals surface area contributed by atoms with Crippen molar-refractivity contribution < 1.29 is 13.2 Å². The summed E-state index contributed by atoms with van der Waals surface area (Å²) in [6, 6.07) is 9.86. The minimum atomic E-state index is -4.46. The largest absolute Gasteiger partial charge is 0.433 e. The normalized spacial score (nSPS) is 14.0. The molecule has 0 fully saturated rings. The van der Waals surface area contributed by atoms with Crippen molar-refractivity contribution in [1.82, 2.24) is 19.9 Å². The van der Waals surface area contributed by atoms with E-state index in [1.807, 2.05) is 18.2 Å². The summed E-state index contributed by atoms with van der Waals surface area (Å²) in [4.78, 5) is 19.0. The molecule has 31 heavy (non-hydrogen) atoms. The maximum Gasteiger partial charge on any atom is 0.433 e. The van der Waals surface area contributed by atoms with E-state index in [2.05, 4.69) is 24.8 Å². The van der Waals surface area contributed by atoms with Crippen molar-refractivity contribution in [3.8, 4) is 11.1 Å². The Morgan fingerprint density at radius 2 is 1.74 bits per heavy atom. The van der Waals surface area contributed by atoms with Crippen LogP contribution in [0.5, 0.6) is 0 Å². The monoisotopic (exact) mass is 441 g/mol. The van der Waals surface area contributed by atoms with E-state index in [4.69, 9.17) is 11.6 Å². The van der Waals surface area contributed by atoms with Gasteiger partial charge >= 0.3 is 6.18 Å². The molecule has 1 aliphatic heterocycles. The van der Waals surface area contributed by atoms with E-state index >= 15 is 0 Å². The second-order valence-corrected chi connectivity index (χ2v) is 7.73. The second-order valence-electron chi connectivity index (χ2n) is 7.29. The van der Waals surface area contributed by atoms with Crippen LogP contribution in [-0.2, 0) is 19.1 Å². The molecule has 3 aromatic heterocycles. The van der Waals surface area contributed by atoms with Crippen LogP contribution >= 0.6 is 11.6 Å². The molecule has 0 radical (unpaired) electrons. The summed E-state index contributed by atoms with van der Waals surface area (Å²) < 4.78 is 38.4. The summed E-state index contributed by atoms with van der Waals surface area (Å²) in [7, 11) is 0. The molecule has 0 spiro atoms. The molecule has 5 nitrogen and oxygen atoms in total. The van der Waals surface area contributed by atoms with E-state index in [0.29, 0.717) is 17.1 Å². The Balaban J connectivity index is 1.47. The average Bonchev–Trinajstić information content (AvgIpc) is 2.77. The third-order valence-corrected chi connectivity index (χ3v) is 5.54. The molecule has 0 amide bonds. The summed E-state index contributed by atoms with van der Waals surface area (Å²) >= 11 is 6.18. The van der Waals surface area contributed by atoms with E-state index in [1.54, 1.807) is 12.3 Å². The van der Waals surface area contributed by atoms with Gasteiger partial charge in [-0.3, -0.25) is 9.97 Å². The molecule has 4 aromatic rings. The number of pyridine rings is 2. The predicted octanol–water partition coefficient (Wildman–Crippen LogP) is 5.32. The Morgan fingerprint density at radius 3 is 2.52 bits per heavy atom. The molecule has 0 aliphatic carbocycles. The highest BCUT2D eigenvalue weighted by Crippen LogP contribution is 2.32. The highest BCUT2D eigenvalue weighted by atomic mass is 35.5. The molecule has 0 atom stereocenters. The van der Waals surface area contributed by atoms with Crippen molar-refractivity contribution >= 4 is 28.3 Å². The summed E-state index contributed by atoms with van der Waals surface area (Å²) in [6.07, 6.45) is 0.707. The fourth-order valence-electron chi connectivity index (χ4n) is 3.76. The van der Waals surface area contributed by atoms with Gasteiger partial charge in [0.05, 0.1) is 5.52 Å². The zero-order valence-electron chi connectivity index (χ0n) is 16.1. The first-order valence-corrected chi connectivity index (χ1v) is 9.93. The fourth-order valence-corrected chi connectivity index (χ4v) is 3.94. The summed E-state index contributed by atoms with van der Waals surface area (Å²) in [5, 5.41) is 1.48. The first-order valence-electron chi connectivity index (χ1n) is 9.55. The molecular weight excluding hydrogens is 427 g/mol. The lowest BCUT2D eigenvalue weighted by molar-refractivity contribution is -0.141. The molecule has 0 saturated carbocycles. The van der Waals surface area contributed by atoms with Gasteiger partial charge in [-0.2, -0.15) is 13.2 Å². The number of nitrogens with zero attached hydrogens (tertiary/aromatic N) is 5. The smallest absolute Gasteiger partial charge is 0.351 e. The Kier molecular flexibility index (Phi) is 4.74. The second kappa shape index (κ2) is 7.46. The number of anilines is 1. The van der Waals surface area contributed by atoms with Gasteiger partial charge in [0.1, 0.15) is 17.8 Å². The lowest BCUT2D eigenvalue weighted by Crippen LogP contribution is -2.31. The number of aromatic nitrogens is 4.